The zero-order valence-electron chi connectivity index (χ0n) is 11.1. The molecule has 0 aliphatic carbocycles. The van der Waals surface area contributed by atoms with E-state index in [9.17, 15) is 4.79 Å². The summed E-state index contributed by atoms with van der Waals surface area (Å²) in [6, 6.07) is 0.397. The normalized spacial score (nSPS) is 21.9. The average Bonchev–Trinajstić information content (AvgIpc) is 2.75. The molecule has 0 aromatic rings. The lowest BCUT2D eigenvalue weighted by atomic mass is 9.91. The van der Waals surface area contributed by atoms with Gasteiger partial charge in [-0.3, -0.25) is 4.79 Å². The number of carbonyl (C=O) groups excluding carboxylic acids is 1. The highest BCUT2D eigenvalue weighted by Gasteiger charge is 2.39. The Labute approximate surface area is 99.4 Å². The molecule has 1 atom stereocenters. The van der Waals surface area contributed by atoms with Gasteiger partial charge in [-0.1, -0.05) is 27.7 Å². The third kappa shape index (κ3) is 2.40. The minimum absolute atomic E-state index is 0.161. The first-order valence-corrected chi connectivity index (χ1v) is 6.56. The lowest BCUT2D eigenvalue weighted by Crippen LogP contribution is -2.56. The van der Waals surface area contributed by atoms with E-state index in [0.717, 1.165) is 32.2 Å². The van der Waals surface area contributed by atoms with Crippen molar-refractivity contribution in [3.8, 4) is 0 Å². The van der Waals surface area contributed by atoms with Crippen LogP contribution in [0.1, 0.15) is 53.4 Å². The van der Waals surface area contributed by atoms with Gasteiger partial charge in [0.2, 0.25) is 5.91 Å². The van der Waals surface area contributed by atoms with Crippen LogP contribution in [0.5, 0.6) is 0 Å². The van der Waals surface area contributed by atoms with Crippen LogP contribution in [0, 0.1) is 5.92 Å². The standard InChI is InChI=1S/C13H26N2O/c1-5-13(14,6-2)12(16)15-9-7-8-11(15)10(3)4/h10-11H,5-9,14H2,1-4H3. The summed E-state index contributed by atoms with van der Waals surface area (Å²) in [5.74, 6) is 0.693. The van der Waals surface area contributed by atoms with Crippen molar-refractivity contribution < 1.29 is 4.79 Å². The molecule has 0 aromatic carbocycles. The number of hydrogen-bond acceptors (Lipinski definition) is 2. The third-order valence-corrected chi connectivity index (χ3v) is 4.02. The molecule has 0 saturated carbocycles. The van der Waals surface area contributed by atoms with Gasteiger partial charge in [0.15, 0.2) is 0 Å². The molecule has 0 spiro atoms. The summed E-state index contributed by atoms with van der Waals surface area (Å²) in [6.07, 6.45) is 3.71. The Morgan fingerprint density at radius 2 is 2.00 bits per heavy atom. The summed E-state index contributed by atoms with van der Waals surface area (Å²) in [5.41, 5.74) is 5.55. The first-order valence-electron chi connectivity index (χ1n) is 6.56. The molecular formula is C13H26N2O. The topological polar surface area (TPSA) is 46.3 Å². The van der Waals surface area contributed by atoms with Gasteiger partial charge in [-0.25, -0.2) is 0 Å². The second-order valence-corrected chi connectivity index (χ2v) is 5.32. The molecule has 0 bridgehead atoms. The first kappa shape index (κ1) is 13.5. The molecule has 1 aliphatic heterocycles. The molecule has 1 saturated heterocycles. The average molecular weight is 226 g/mol. The predicted molar refractivity (Wildman–Crippen MR) is 67.1 cm³/mol. The zero-order valence-corrected chi connectivity index (χ0v) is 11.1. The lowest BCUT2D eigenvalue weighted by molar-refractivity contribution is -0.139. The molecule has 0 aromatic heterocycles. The van der Waals surface area contributed by atoms with Crippen molar-refractivity contribution >= 4 is 5.91 Å². The van der Waals surface area contributed by atoms with E-state index in [1.165, 1.54) is 0 Å². The maximum atomic E-state index is 12.4. The molecule has 1 rings (SSSR count). The molecule has 3 nitrogen and oxygen atoms in total. The van der Waals surface area contributed by atoms with Crippen molar-refractivity contribution in [3.05, 3.63) is 0 Å². The monoisotopic (exact) mass is 226 g/mol. The van der Waals surface area contributed by atoms with E-state index < -0.39 is 5.54 Å². The van der Waals surface area contributed by atoms with Gasteiger partial charge in [0.1, 0.15) is 0 Å². The highest BCUT2D eigenvalue weighted by molar-refractivity contribution is 5.86. The quantitative estimate of drug-likeness (QED) is 0.798. The number of hydrogen-bond donors (Lipinski definition) is 1. The molecule has 1 heterocycles. The highest BCUT2D eigenvalue weighted by atomic mass is 16.2. The maximum Gasteiger partial charge on any atom is 0.242 e. The Morgan fingerprint density at radius 1 is 1.44 bits per heavy atom. The number of rotatable bonds is 4. The van der Waals surface area contributed by atoms with Crippen LogP contribution >= 0.6 is 0 Å². The van der Waals surface area contributed by atoms with Crippen molar-refractivity contribution in [1.82, 2.24) is 4.90 Å². The Morgan fingerprint density at radius 3 is 2.44 bits per heavy atom. The summed E-state index contributed by atoms with van der Waals surface area (Å²) in [5, 5.41) is 0. The smallest absolute Gasteiger partial charge is 0.242 e. The molecular weight excluding hydrogens is 200 g/mol. The maximum absolute atomic E-state index is 12.4. The molecule has 1 fully saturated rings. The molecule has 1 aliphatic rings. The summed E-state index contributed by atoms with van der Waals surface area (Å²) in [7, 11) is 0. The van der Waals surface area contributed by atoms with E-state index >= 15 is 0 Å². The Bertz CT molecular complexity index is 246. The van der Waals surface area contributed by atoms with Gasteiger partial charge in [-0.05, 0) is 31.6 Å². The Kier molecular flexibility index (Phi) is 4.36. The number of carbonyl (C=O) groups is 1. The van der Waals surface area contributed by atoms with Gasteiger partial charge in [0.05, 0.1) is 5.54 Å². The Balaban J connectivity index is 2.80. The van der Waals surface area contributed by atoms with Gasteiger partial charge >= 0.3 is 0 Å². The van der Waals surface area contributed by atoms with Crippen LogP contribution in [0.25, 0.3) is 0 Å². The van der Waals surface area contributed by atoms with Crippen LogP contribution in [0.2, 0.25) is 0 Å². The molecule has 94 valence electrons. The van der Waals surface area contributed by atoms with Crippen LogP contribution in [0.15, 0.2) is 0 Å². The van der Waals surface area contributed by atoms with Crippen molar-refractivity contribution in [1.29, 1.82) is 0 Å². The molecule has 1 unspecified atom stereocenters. The molecule has 16 heavy (non-hydrogen) atoms. The van der Waals surface area contributed by atoms with Crippen LogP contribution in [0.3, 0.4) is 0 Å². The van der Waals surface area contributed by atoms with Crippen molar-refractivity contribution in [2.75, 3.05) is 6.54 Å². The van der Waals surface area contributed by atoms with E-state index in [1.54, 1.807) is 0 Å². The van der Waals surface area contributed by atoms with Crippen LogP contribution in [0.4, 0.5) is 0 Å². The number of nitrogens with zero attached hydrogens (tertiary/aromatic N) is 1. The summed E-state index contributed by atoms with van der Waals surface area (Å²) < 4.78 is 0. The van der Waals surface area contributed by atoms with E-state index in [2.05, 4.69) is 13.8 Å². The van der Waals surface area contributed by atoms with Crippen LogP contribution in [-0.4, -0.2) is 28.9 Å². The van der Waals surface area contributed by atoms with Gasteiger partial charge < -0.3 is 10.6 Å². The van der Waals surface area contributed by atoms with Crippen molar-refractivity contribution in [2.24, 2.45) is 11.7 Å². The molecule has 1 amide bonds. The van der Waals surface area contributed by atoms with E-state index in [4.69, 9.17) is 5.73 Å². The highest BCUT2D eigenvalue weighted by Crippen LogP contribution is 2.27. The van der Waals surface area contributed by atoms with E-state index in [0.29, 0.717) is 12.0 Å². The second-order valence-electron chi connectivity index (χ2n) is 5.32. The minimum Gasteiger partial charge on any atom is -0.338 e. The van der Waals surface area contributed by atoms with E-state index in [1.807, 2.05) is 18.7 Å². The van der Waals surface area contributed by atoms with Gasteiger partial charge in [-0.15, -0.1) is 0 Å². The zero-order chi connectivity index (χ0) is 12.3. The minimum atomic E-state index is -0.641. The lowest BCUT2D eigenvalue weighted by Gasteiger charge is -2.35. The van der Waals surface area contributed by atoms with E-state index in [-0.39, 0.29) is 5.91 Å². The summed E-state index contributed by atoms with van der Waals surface area (Å²) >= 11 is 0. The number of amides is 1. The van der Waals surface area contributed by atoms with Gasteiger partial charge in [0, 0.05) is 12.6 Å². The number of likely N-dealkylation sites (tertiary alicyclic amines) is 1. The second kappa shape index (κ2) is 5.17. The first-order chi connectivity index (χ1) is 7.46. The summed E-state index contributed by atoms with van der Waals surface area (Å²) in [6.45, 7) is 9.27. The molecule has 0 radical (unpaired) electrons. The predicted octanol–water partition coefficient (Wildman–Crippen LogP) is 2.15. The fraction of sp³-hybridized carbons (Fsp3) is 0.923. The Hall–Kier alpha value is -0.570. The van der Waals surface area contributed by atoms with Crippen LogP contribution in [-0.2, 0) is 4.79 Å². The number of nitrogens with two attached hydrogens (primary N) is 1. The molecule has 3 heteroatoms. The summed E-state index contributed by atoms with van der Waals surface area (Å²) in [4.78, 5) is 14.5. The molecule has 2 N–H and O–H groups in total. The fourth-order valence-corrected chi connectivity index (χ4v) is 2.58. The SMILES string of the molecule is CCC(N)(CC)C(=O)N1CCCC1C(C)C. The van der Waals surface area contributed by atoms with Gasteiger partial charge in [0.25, 0.3) is 0 Å². The van der Waals surface area contributed by atoms with Gasteiger partial charge in [-0.2, -0.15) is 0 Å². The van der Waals surface area contributed by atoms with Crippen molar-refractivity contribution in [3.63, 3.8) is 0 Å². The fourth-order valence-electron chi connectivity index (χ4n) is 2.58. The van der Waals surface area contributed by atoms with Crippen molar-refractivity contribution in [2.45, 2.75) is 65.0 Å². The third-order valence-electron chi connectivity index (χ3n) is 4.02. The largest absolute Gasteiger partial charge is 0.338 e. The van der Waals surface area contributed by atoms with Crippen LogP contribution < -0.4 is 5.73 Å².